The van der Waals surface area contributed by atoms with Gasteiger partial charge in [0.1, 0.15) is 12.4 Å². The van der Waals surface area contributed by atoms with Crippen LogP contribution < -0.4 is 10.1 Å². The molecule has 0 saturated carbocycles. The molecule has 1 rings (SSSR count). The predicted molar refractivity (Wildman–Crippen MR) is 65.9 cm³/mol. The summed E-state index contributed by atoms with van der Waals surface area (Å²) in [5.74, 6) is 0.677. The van der Waals surface area contributed by atoms with Crippen LogP contribution in [-0.4, -0.2) is 25.7 Å². The van der Waals surface area contributed by atoms with E-state index in [0.29, 0.717) is 6.54 Å². The Kier molecular flexibility index (Phi) is 5.49. The molecule has 0 spiro atoms. The predicted octanol–water partition coefficient (Wildman–Crippen LogP) is 1.74. The van der Waals surface area contributed by atoms with E-state index < -0.39 is 0 Å². The Hall–Kier alpha value is -1.55. The second-order valence-corrected chi connectivity index (χ2v) is 3.99. The topological polar surface area (TPSA) is 47.6 Å². The molecule has 0 heterocycles. The number of carbonyl (C=O) groups is 1. The Morgan fingerprint density at radius 1 is 1.41 bits per heavy atom. The van der Waals surface area contributed by atoms with E-state index in [-0.39, 0.29) is 18.6 Å². The zero-order valence-electron chi connectivity index (χ0n) is 10.5. The van der Waals surface area contributed by atoms with E-state index in [4.69, 9.17) is 9.47 Å². The minimum atomic E-state index is -0.110. The minimum Gasteiger partial charge on any atom is -0.497 e. The third-order valence-corrected chi connectivity index (χ3v) is 2.17. The largest absolute Gasteiger partial charge is 0.497 e. The van der Waals surface area contributed by atoms with Gasteiger partial charge in [-0.3, -0.25) is 4.79 Å². The lowest BCUT2D eigenvalue weighted by Gasteiger charge is -2.09. The van der Waals surface area contributed by atoms with Gasteiger partial charge in [-0.2, -0.15) is 0 Å². The minimum absolute atomic E-state index is 0.0672. The van der Waals surface area contributed by atoms with Gasteiger partial charge in [-0.25, -0.2) is 0 Å². The lowest BCUT2D eigenvalue weighted by Crippen LogP contribution is -2.28. The molecule has 4 nitrogen and oxygen atoms in total. The van der Waals surface area contributed by atoms with E-state index in [1.165, 1.54) is 0 Å². The van der Waals surface area contributed by atoms with Gasteiger partial charge in [0, 0.05) is 6.54 Å². The maximum absolute atomic E-state index is 11.4. The molecule has 0 aliphatic heterocycles. The van der Waals surface area contributed by atoms with Gasteiger partial charge in [0.2, 0.25) is 5.91 Å². The summed E-state index contributed by atoms with van der Waals surface area (Å²) in [4.78, 5) is 11.4. The normalized spacial score (nSPS) is 10.4. The molecule has 0 aliphatic rings. The van der Waals surface area contributed by atoms with Crippen molar-refractivity contribution in [2.45, 2.75) is 26.5 Å². The van der Waals surface area contributed by atoms with Gasteiger partial charge in [0.15, 0.2) is 0 Å². The summed E-state index contributed by atoms with van der Waals surface area (Å²) in [7, 11) is 1.62. The van der Waals surface area contributed by atoms with Crippen molar-refractivity contribution >= 4 is 5.91 Å². The van der Waals surface area contributed by atoms with Crippen LogP contribution in [0.4, 0.5) is 0 Å². The number of ether oxygens (including phenoxy) is 2. The van der Waals surface area contributed by atoms with Gasteiger partial charge in [-0.15, -0.1) is 0 Å². The van der Waals surface area contributed by atoms with Crippen LogP contribution in [0.2, 0.25) is 0 Å². The molecule has 1 aromatic rings. The van der Waals surface area contributed by atoms with Crippen LogP contribution in [-0.2, 0) is 16.1 Å². The molecule has 0 aliphatic carbocycles. The van der Waals surface area contributed by atoms with Crippen LogP contribution >= 0.6 is 0 Å². The van der Waals surface area contributed by atoms with Gasteiger partial charge in [-0.1, -0.05) is 12.1 Å². The van der Waals surface area contributed by atoms with Crippen molar-refractivity contribution in [2.75, 3.05) is 13.7 Å². The van der Waals surface area contributed by atoms with Gasteiger partial charge < -0.3 is 14.8 Å². The molecular formula is C13H19NO3. The molecule has 1 amide bonds. The van der Waals surface area contributed by atoms with Gasteiger partial charge in [0.25, 0.3) is 0 Å². The maximum Gasteiger partial charge on any atom is 0.246 e. The van der Waals surface area contributed by atoms with E-state index in [9.17, 15) is 4.79 Å². The molecule has 94 valence electrons. The highest BCUT2D eigenvalue weighted by atomic mass is 16.5. The number of benzene rings is 1. The Balaban J connectivity index is 2.36. The fourth-order valence-corrected chi connectivity index (χ4v) is 1.28. The molecule has 0 radical (unpaired) electrons. The van der Waals surface area contributed by atoms with Crippen molar-refractivity contribution in [3.8, 4) is 5.75 Å². The molecule has 4 heteroatoms. The smallest absolute Gasteiger partial charge is 0.246 e. The Morgan fingerprint density at radius 2 is 2.18 bits per heavy atom. The first-order chi connectivity index (χ1) is 8.11. The number of rotatable bonds is 6. The van der Waals surface area contributed by atoms with Crippen molar-refractivity contribution < 1.29 is 14.3 Å². The summed E-state index contributed by atoms with van der Waals surface area (Å²) in [6.07, 6.45) is 0.0672. The Bertz CT molecular complexity index is 363. The lowest BCUT2D eigenvalue weighted by atomic mass is 10.2. The number of amides is 1. The molecule has 0 saturated heterocycles. The molecule has 1 N–H and O–H groups in total. The number of nitrogens with one attached hydrogen (secondary N) is 1. The van der Waals surface area contributed by atoms with Crippen LogP contribution in [0.15, 0.2) is 24.3 Å². The van der Waals surface area contributed by atoms with E-state index in [1.807, 2.05) is 38.1 Å². The summed E-state index contributed by atoms with van der Waals surface area (Å²) in [6, 6.07) is 7.59. The van der Waals surface area contributed by atoms with E-state index >= 15 is 0 Å². The Morgan fingerprint density at radius 3 is 2.82 bits per heavy atom. The molecule has 0 fully saturated rings. The molecule has 1 aromatic carbocycles. The zero-order valence-corrected chi connectivity index (χ0v) is 10.5. The number of methoxy groups -OCH3 is 1. The molecule has 17 heavy (non-hydrogen) atoms. The number of carbonyl (C=O) groups excluding carboxylic acids is 1. The van der Waals surface area contributed by atoms with Crippen LogP contribution in [0.3, 0.4) is 0 Å². The average Bonchev–Trinajstić information content (AvgIpc) is 2.34. The summed E-state index contributed by atoms with van der Waals surface area (Å²) in [5.41, 5.74) is 1.00. The summed E-state index contributed by atoms with van der Waals surface area (Å²) in [6.45, 7) is 4.38. The second-order valence-electron chi connectivity index (χ2n) is 3.99. The van der Waals surface area contributed by atoms with Crippen LogP contribution in [0.1, 0.15) is 19.4 Å². The van der Waals surface area contributed by atoms with E-state index in [1.54, 1.807) is 7.11 Å². The summed E-state index contributed by atoms with van der Waals surface area (Å²) >= 11 is 0. The molecule has 0 unspecified atom stereocenters. The maximum atomic E-state index is 11.4. The van der Waals surface area contributed by atoms with Gasteiger partial charge >= 0.3 is 0 Å². The quantitative estimate of drug-likeness (QED) is 0.819. The van der Waals surface area contributed by atoms with E-state index in [0.717, 1.165) is 11.3 Å². The first-order valence-corrected chi connectivity index (χ1v) is 5.63. The lowest BCUT2D eigenvalue weighted by molar-refractivity contribution is -0.127. The fourth-order valence-electron chi connectivity index (χ4n) is 1.28. The van der Waals surface area contributed by atoms with Crippen molar-refractivity contribution in [1.29, 1.82) is 0 Å². The van der Waals surface area contributed by atoms with Gasteiger partial charge in [-0.05, 0) is 31.5 Å². The average molecular weight is 237 g/mol. The van der Waals surface area contributed by atoms with Crippen molar-refractivity contribution in [2.24, 2.45) is 0 Å². The number of hydrogen-bond donors (Lipinski definition) is 1. The van der Waals surface area contributed by atoms with Crippen molar-refractivity contribution in [3.05, 3.63) is 29.8 Å². The van der Waals surface area contributed by atoms with E-state index in [2.05, 4.69) is 5.32 Å². The second kappa shape index (κ2) is 6.91. The first kappa shape index (κ1) is 13.5. The third-order valence-electron chi connectivity index (χ3n) is 2.17. The standard InChI is InChI=1S/C13H19NO3/c1-10(2)17-9-13(15)14-8-11-5-4-6-12(7-11)16-3/h4-7,10H,8-9H2,1-3H3,(H,14,15). The monoisotopic (exact) mass is 237 g/mol. The highest BCUT2D eigenvalue weighted by molar-refractivity contribution is 5.77. The summed E-state index contributed by atoms with van der Waals surface area (Å²) < 4.78 is 10.3. The van der Waals surface area contributed by atoms with Gasteiger partial charge in [0.05, 0.1) is 13.2 Å². The third kappa shape index (κ3) is 5.36. The highest BCUT2D eigenvalue weighted by Crippen LogP contribution is 2.11. The summed E-state index contributed by atoms with van der Waals surface area (Å²) in [5, 5.41) is 2.79. The highest BCUT2D eigenvalue weighted by Gasteiger charge is 2.03. The van der Waals surface area contributed by atoms with Crippen LogP contribution in [0, 0.1) is 0 Å². The first-order valence-electron chi connectivity index (χ1n) is 5.63. The molecule has 0 atom stereocenters. The number of hydrogen-bond acceptors (Lipinski definition) is 3. The van der Waals surface area contributed by atoms with Crippen LogP contribution in [0.25, 0.3) is 0 Å². The SMILES string of the molecule is COc1cccc(CNC(=O)COC(C)C)c1. The van der Waals surface area contributed by atoms with Crippen molar-refractivity contribution in [1.82, 2.24) is 5.32 Å². The van der Waals surface area contributed by atoms with Crippen LogP contribution in [0.5, 0.6) is 5.75 Å². The van der Waals surface area contributed by atoms with Crippen molar-refractivity contribution in [3.63, 3.8) is 0 Å². The molecule has 0 aromatic heterocycles. The Labute approximate surface area is 102 Å². The molecular weight excluding hydrogens is 218 g/mol. The zero-order chi connectivity index (χ0) is 12.7. The fraction of sp³-hybridized carbons (Fsp3) is 0.462. The molecule has 0 bridgehead atoms.